The Morgan fingerprint density at radius 3 is 2.76 bits per heavy atom. The van der Waals surface area contributed by atoms with Crippen LogP contribution in [0.4, 0.5) is 4.39 Å². The number of amides is 1. The maximum absolute atomic E-state index is 13.7. The van der Waals surface area contributed by atoms with E-state index < -0.39 is 0 Å². The summed E-state index contributed by atoms with van der Waals surface area (Å²) >= 11 is 0. The van der Waals surface area contributed by atoms with E-state index in [2.05, 4.69) is 5.32 Å². The van der Waals surface area contributed by atoms with Gasteiger partial charge < -0.3 is 15.0 Å². The van der Waals surface area contributed by atoms with Crippen molar-refractivity contribution in [1.29, 1.82) is 0 Å². The first-order valence-corrected chi connectivity index (χ1v) is 7.52. The van der Waals surface area contributed by atoms with Crippen molar-refractivity contribution in [2.24, 2.45) is 0 Å². The zero-order valence-corrected chi connectivity index (χ0v) is 12.9. The molecule has 0 radical (unpaired) electrons. The number of quaternary nitrogens is 1. The third-order valence-electron chi connectivity index (χ3n) is 4.03. The van der Waals surface area contributed by atoms with Gasteiger partial charge in [0, 0.05) is 11.6 Å². The third-order valence-corrected chi connectivity index (χ3v) is 4.03. The Morgan fingerprint density at radius 2 is 2.24 bits per heavy atom. The maximum atomic E-state index is 13.7. The first kappa shape index (κ1) is 15.8. The molecular weight excluding hydrogens is 271 g/mol. The second-order valence-electron chi connectivity index (χ2n) is 5.66. The minimum absolute atomic E-state index is 0.0864. The van der Waals surface area contributed by atoms with Crippen LogP contribution in [-0.4, -0.2) is 31.6 Å². The monoisotopic (exact) mass is 295 g/mol. The maximum Gasteiger partial charge on any atom is 0.278 e. The number of methoxy groups -OCH3 is 1. The Morgan fingerprint density at radius 1 is 1.52 bits per heavy atom. The van der Waals surface area contributed by atoms with Crippen LogP contribution in [-0.2, 0) is 11.3 Å². The van der Waals surface area contributed by atoms with Gasteiger partial charge in [-0.2, -0.15) is 0 Å². The van der Waals surface area contributed by atoms with Gasteiger partial charge in [-0.3, -0.25) is 4.79 Å². The second kappa shape index (κ2) is 6.89. The van der Waals surface area contributed by atoms with Crippen molar-refractivity contribution >= 4 is 5.91 Å². The minimum atomic E-state index is -0.361. The lowest BCUT2D eigenvalue weighted by Crippen LogP contribution is -3.15. The van der Waals surface area contributed by atoms with Crippen LogP contribution in [0.3, 0.4) is 0 Å². The summed E-state index contributed by atoms with van der Waals surface area (Å²) in [6, 6.07) is 5.20. The van der Waals surface area contributed by atoms with Gasteiger partial charge in [0.25, 0.3) is 5.91 Å². The van der Waals surface area contributed by atoms with Gasteiger partial charge in [0.1, 0.15) is 6.54 Å². The molecule has 4 nitrogen and oxygen atoms in total. The molecule has 0 saturated heterocycles. The molecule has 1 aromatic carbocycles. The molecule has 0 bridgehead atoms. The summed E-state index contributed by atoms with van der Waals surface area (Å²) < 4.78 is 18.7. The molecule has 1 aromatic rings. The number of nitrogens with one attached hydrogen (secondary N) is 2. The highest BCUT2D eigenvalue weighted by atomic mass is 19.1. The standard InChI is InChI=1S/C16H23FN2O2/c1-4-19(11(2)16(20)18-13-6-7-13)10-12-5-8-15(21-3)14(17)9-12/h5,8-9,11,13H,4,6-7,10H2,1-3H3,(H,18,20)/p+1/t11-/m0/s1. The second-order valence-corrected chi connectivity index (χ2v) is 5.66. The molecule has 1 unspecified atom stereocenters. The molecule has 0 heterocycles. The number of hydrogen-bond acceptors (Lipinski definition) is 2. The number of likely N-dealkylation sites (N-methyl/N-ethyl adjacent to an activating group) is 1. The molecule has 2 N–H and O–H groups in total. The predicted molar refractivity (Wildman–Crippen MR) is 78.8 cm³/mol. The van der Waals surface area contributed by atoms with E-state index in [0.29, 0.717) is 12.6 Å². The fourth-order valence-electron chi connectivity index (χ4n) is 2.41. The van der Waals surface area contributed by atoms with Gasteiger partial charge in [0.2, 0.25) is 0 Å². The largest absolute Gasteiger partial charge is 0.494 e. The van der Waals surface area contributed by atoms with Crippen molar-refractivity contribution in [3.05, 3.63) is 29.6 Å². The van der Waals surface area contributed by atoms with E-state index in [-0.39, 0.29) is 23.5 Å². The molecule has 2 atom stereocenters. The van der Waals surface area contributed by atoms with Crippen LogP contribution >= 0.6 is 0 Å². The Labute approximate surface area is 125 Å². The first-order chi connectivity index (χ1) is 10.0. The zero-order valence-electron chi connectivity index (χ0n) is 12.9. The van der Waals surface area contributed by atoms with Crippen LogP contribution in [0.25, 0.3) is 0 Å². The molecule has 1 saturated carbocycles. The number of rotatable bonds is 7. The van der Waals surface area contributed by atoms with E-state index >= 15 is 0 Å². The molecule has 1 amide bonds. The Kier molecular flexibility index (Phi) is 5.17. The Hall–Kier alpha value is -1.62. The number of ether oxygens (including phenoxy) is 1. The van der Waals surface area contributed by atoms with Crippen LogP contribution in [0.15, 0.2) is 18.2 Å². The van der Waals surface area contributed by atoms with E-state index in [0.717, 1.165) is 29.8 Å². The molecule has 1 aliphatic rings. The van der Waals surface area contributed by atoms with Crippen molar-refractivity contribution in [1.82, 2.24) is 5.32 Å². The smallest absolute Gasteiger partial charge is 0.278 e. The molecule has 0 spiro atoms. The molecule has 21 heavy (non-hydrogen) atoms. The summed E-state index contributed by atoms with van der Waals surface area (Å²) in [5.41, 5.74) is 0.872. The van der Waals surface area contributed by atoms with E-state index in [1.165, 1.54) is 13.2 Å². The number of carbonyl (C=O) groups is 1. The van der Waals surface area contributed by atoms with E-state index in [4.69, 9.17) is 4.74 Å². The summed E-state index contributed by atoms with van der Waals surface area (Å²) in [5.74, 6) is -0.0276. The molecule has 116 valence electrons. The minimum Gasteiger partial charge on any atom is -0.494 e. The van der Waals surface area contributed by atoms with Crippen LogP contribution in [0.2, 0.25) is 0 Å². The van der Waals surface area contributed by atoms with Gasteiger partial charge >= 0.3 is 0 Å². The SMILES string of the molecule is CC[NH+](Cc1ccc(OC)c(F)c1)[C@@H](C)C(=O)NC1CC1. The van der Waals surface area contributed by atoms with Crippen molar-refractivity contribution in [2.45, 2.75) is 45.3 Å². The molecule has 2 rings (SSSR count). The van der Waals surface area contributed by atoms with Gasteiger partial charge in [-0.25, -0.2) is 4.39 Å². The van der Waals surface area contributed by atoms with E-state index in [9.17, 15) is 9.18 Å². The molecule has 0 aliphatic heterocycles. The number of benzene rings is 1. The summed E-state index contributed by atoms with van der Waals surface area (Å²) in [6.45, 7) is 5.40. The Bertz CT molecular complexity index is 503. The lowest BCUT2D eigenvalue weighted by Gasteiger charge is -2.24. The fourth-order valence-corrected chi connectivity index (χ4v) is 2.41. The highest BCUT2D eigenvalue weighted by Crippen LogP contribution is 2.18. The van der Waals surface area contributed by atoms with Gasteiger partial charge in [0.05, 0.1) is 13.7 Å². The predicted octanol–water partition coefficient (Wildman–Crippen LogP) is 0.906. The Balaban J connectivity index is 2.00. The topological polar surface area (TPSA) is 42.8 Å². The van der Waals surface area contributed by atoms with Gasteiger partial charge in [0.15, 0.2) is 17.6 Å². The average Bonchev–Trinajstić information content (AvgIpc) is 3.28. The van der Waals surface area contributed by atoms with E-state index in [1.54, 1.807) is 6.07 Å². The summed E-state index contributed by atoms with van der Waals surface area (Å²) in [6.07, 6.45) is 2.17. The molecule has 1 fully saturated rings. The third kappa shape index (κ3) is 4.17. The van der Waals surface area contributed by atoms with E-state index in [1.807, 2.05) is 19.9 Å². The van der Waals surface area contributed by atoms with Crippen molar-refractivity contribution in [3.63, 3.8) is 0 Å². The zero-order chi connectivity index (χ0) is 15.4. The highest BCUT2D eigenvalue weighted by Gasteiger charge is 2.30. The van der Waals surface area contributed by atoms with Crippen molar-refractivity contribution < 1.29 is 18.8 Å². The lowest BCUT2D eigenvalue weighted by molar-refractivity contribution is -0.926. The van der Waals surface area contributed by atoms with Crippen LogP contribution in [0.5, 0.6) is 5.75 Å². The van der Waals surface area contributed by atoms with Crippen molar-refractivity contribution in [3.8, 4) is 5.75 Å². The lowest BCUT2D eigenvalue weighted by atomic mass is 10.1. The average molecular weight is 295 g/mol. The van der Waals surface area contributed by atoms with Crippen LogP contribution < -0.4 is 15.0 Å². The van der Waals surface area contributed by atoms with Gasteiger partial charge in [-0.05, 0) is 44.9 Å². The first-order valence-electron chi connectivity index (χ1n) is 7.52. The number of carbonyl (C=O) groups excluding carboxylic acids is 1. The quantitative estimate of drug-likeness (QED) is 0.785. The number of halogens is 1. The number of hydrogen-bond donors (Lipinski definition) is 2. The molecule has 0 aromatic heterocycles. The highest BCUT2D eigenvalue weighted by molar-refractivity contribution is 5.80. The molecular formula is C16H24FN2O2+. The summed E-state index contributed by atoms with van der Waals surface area (Å²) in [7, 11) is 1.45. The van der Waals surface area contributed by atoms with Gasteiger partial charge in [-0.1, -0.05) is 0 Å². The van der Waals surface area contributed by atoms with Crippen LogP contribution in [0, 0.1) is 5.82 Å². The summed E-state index contributed by atoms with van der Waals surface area (Å²) in [4.78, 5) is 13.2. The summed E-state index contributed by atoms with van der Waals surface area (Å²) in [5, 5.41) is 3.03. The molecule has 5 heteroatoms. The normalized spacial score (nSPS) is 17.1. The fraction of sp³-hybridized carbons (Fsp3) is 0.562. The molecule has 1 aliphatic carbocycles. The van der Waals surface area contributed by atoms with Gasteiger partial charge in [-0.15, -0.1) is 0 Å². The van der Waals surface area contributed by atoms with Crippen molar-refractivity contribution in [2.75, 3.05) is 13.7 Å². The van der Waals surface area contributed by atoms with Crippen LogP contribution in [0.1, 0.15) is 32.3 Å².